The molecule has 3 aromatic rings. The third-order valence-electron chi connectivity index (χ3n) is 3.88. The van der Waals surface area contributed by atoms with Crippen LogP contribution < -0.4 is 10.6 Å². The summed E-state index contributed by atoms with van der Waals surface area (Å²) < 4.78 is 0. The molecule has 26 heavy (non-hydrogen) atoms. The van der Waals surface area contributed by atoms with Gasteiger partial charge in [-0.1, -0.05) is 19.9 Å². The Labute approximate surface area is 153 Å². The van der Waals surface area contributed by atoms with Gasteiger partial charge in [-0.3, -0.25) is 9.78 Å². The first-order valence-corrected chi connectivity index (χ1v) is 8.67. The minimum Gasteiger partial charge on any atom is -0.371 e. The molecule has 0 spiro atoms. The highest BCUT2D eigenvalue weighted by atomic mass is 16.1. The lowest BCUT2D eigenvalue weighted by Crippen LogP contribution is -2.15. The van der Waals surface area contributed by atoms with Gasteiger partial charge in [0.15, 0.2) is 0 Å². The number of anilines is 2. The summed E-state index contributed by atoms with van der Waals surface area (Å²) >= 11 is 0. The molecule has 6 heteroatoms. The molecule has 0 aliphatic rings. The van der Waals surface area contributed by atoms with Gasteiger partial charge >= 0.3 is 0 Å². The van der Waals surface area contributed by atoms with Crippen LogP contribution in [0.1, 0.15) is 37.7 Å². The van der Waals surface area contributed by atoms with Crippen LogP contribution in [-0.4, -0.2) is 20.9 Å². The van der Waals surface area contributed by atoms with Crippen LogP contribution >= 0.6 is 0 Å². The number of nitrogens with one attached hydrogen (secondary N) is 3. The summed E-state index contributed by atoms with van der Waals surface area (Å²) in [4.78, 5) is 23.6. The normalized spacial score (nSPS) is 12.0. The molecule has 0 aliphatic carbocycles. The first-order valence-electron chi connectivity index (χ1n) is 8.67. The van der Waals surface area contributed by atoms with Crippen molar-refractivity contribution >= 4 is 17.3 Å². The zero-order valence-corrected chi connectivity index (χ0v) is 14.9. The summed E-state index contributed by atoms with van der Waals surface area (Å²) in [5.74, 6) is 1.18. The number of hydrogen-bond donors (Lipinski definition) is 3. The molecule has 1 amide bonds. The van der Waals surface area contributed by atoms with E-state index < -0.39 is 0 Å². The van der Waals surface area contributed by atoms with E-state index in [1.54, 1.807) is 18.6 Å². The molecule has 6 nitrogen and oxygen atoms in total. The number of aromatic amines is 1. The van der Waals surface area contributed by atoms with Gasteiger partial charge in [0.25, 0.3) is 0 Å². The van der Waals surface area contributed by atoms with E-state index in [4.69, 9.17) is 0 Å². The summed E-state index contributed by atoms with van der Waals surface area (Å²) in [7, 11) is 0. The Morgan fingerprint density at radius 1 is 1.12 bits per heavy atom. The molecular formula is C20H23N5O. The van der Waals surface area contributed by atoms with Crippen molar-refractivity contribution in [3.63, 3.8) is 0 Å². The van der Waals surface area contributed by atoms with Gasteiger partial charge < -0.3 is 15.6 Å². The van der Waals surface area contributed by atoms with Crippen LogP contribution in [0.5, 0.6) is 0 Å². The number of pyridine rings is 1. The maximum atomic E-state index is 11.9. The van der Waals surface area contributed by atoms with Crippen molar-refractivity contribution in [1.29, 1.82) is 0 Å². The summed E-state index contributed by atoms with van der Waals surface area (Å²) in [6.07, 6.45) is 7.61. The Morgan fingerprint density at radius 3 is 2.50 bits per heavy atom. The summed E-state index contributed by atoms with van der Waals surface area (Å²) in [6.45, 7) is 4.06. The molecule has 134 valence electrons. The summed E-state index contributed by atoms with van der Waals surface area (Å²) in [6, 6.07) is 11.4. The molecule has 0 saturated heterocycles. The van der Waals surface area contributed by atoms with Crippen molar-refractivity contribution in [3.05, 3.63) is 72.6 Å². The monoisotopic (exact) mass is 349 g/mol. The zero-order chi connectivity index (χ0) is 18.4. The molecule has 0 saturated carbocycles. The lowest BCUT2D eigenvalue weighted by Gasteiger charge is -2.18. The second-order valence-corrected chi connectivity index (χ2v) is 6.56. The second-order valence-electron chi connectivity index (χ2n) is 6.56. The van der Waals surface area contributed by atoms with Crippen molar-refractivity contribution in [3.8, 4) is 0 Å². The van der Waals surface area contributed by atoms with Gasteiger partial charge in [-0.15, -0.1) is 0 Å². The van der Waals surface area contributed by atoms with E-state index in [2.05, 4.69) is 25.6 Å². The lowest BCUT2D eigenvalue weighted by molar-refractivity contribution is -0.116. The minimum absolute atomic E-state index is 0.0320. The lowest BCUT2D eigenvalue weighted by atomic mass is 10.1. The van der Waals surface area contributed by atoms with Crippen LogP contribution in [0.4, 0.5) is 11.4 Å². The molecular weight excluding hydrogens is 326 g/mol. The highest BCUT2D eigenvalue weighted by molar-refractivity contribution is 5.90. The number of rotatable bonds is 7. The van der Waals surface area contributed by atoms with E-state index in [1.807, 2.05) is 56.4 Å². The van der Waals surface area contributed by atoms with E-state index in [1.165, 1.54) is 0 Å². The minimum atomic E-state index is -0.139. The Kier molecular flexibility index (Phi) is 5.63. The maximum absolute atomic E-state index is 11.9. The Bertz CT molecular complexity index is 813. The first kappa shape index (κ1) is 17.7. The van der Waals surface area contributed by atoms with Gasteiger partial charge in [-0.25, -0.2) is 4.98 Å². The third kappa shape index (κ3) is 4.69. The Morgan fingerprint density at radius 2 is 1.88 bits per heavy atom. The number of H-pyrrole nitrogens is 1. The average molecular weight is 349 g/mol. The summed E-state index contributed by atoms with van der Waals surface area (Å²) in [5, 5.41) is 6.38. The molecule has 0 fully saturated rings. The van der Waals surface area contributed by atoms with Crippen LogP contribution in [0, 0.1) is 5.92 Å². The van der Waals surface area contributed by atoms with Crippen LogP contribution in [0.25, 0.3) is 0 Å². The fourth-order valence-electron chi connectivity index (χ4n) is 2.69. The first-order chi connectivity index (χ1) is 12.6. The zero-order valence-electron chi connectivity index (χ0n) is 14.9. The smallest absolute Gasteiger partial charge is 0.224 e. The predicted octanol–water partition coefficient (Wildman–Crippen LogP) is 3.99. The summed E-state index contributed by atoms with van der Waals surface area (Å²) in [5.41, 5.74) is 2.73. The Balaban J connectivity index is 1.73. The molecule has 1 unspecified atom stereocenters. The van der Waals surface area contributed by atoms with Gasteiger partial charge in [-0.05, 0) is 36.2 Å². The number of aromatic nitrogens is 3. The predicted molar refractivity (Wildman–Crippen MR) is 103 cm³/mol. The standard InChI is InChI=1S/C20H23N5O/c1-14(2)12-18(26)24-16-5-7-17(8-6-16)25-19(20-22-10-11-23-20)15-4-3-9-21-13-15/h3-11,13-14,19,25H,12H2,1-2H3,(H,22,23)(H,24,26). The molecule has 2 aromatic heterocycles. The van der Waals surface area contributed by atoms with Gasteiger partial charge in [0.05, 0.1) is 0 Å². The number of nitrogens with zero attached hydrogens (tertiary/aromatic N) is 2. The van der Waals surface area contributed by atoms with Crippen molar-refractivity contribution in [2.45, 2.75) is 26.3 Å². The molecule has 0 radical (unpaired) electrons. The molecule has 0 bridgehead atoms. The SMILES string of the molecule is CC(C)CC(=O)Nc1ccc(NC(c2cccnc2)c2ncc[nH]2)cc1. The number of benzene rings is 1. The number of imidazole rings is 1. The fraction of sp³-hybridized carbons (Fsp3) is 0.250. The van der Waals surface area contributed by atoms with E-state index in [0.717, 1.165) is 22.8 Å². The molecule has 3 rings (SSSR count). The van der Waals surface area contributed by atoms with Gasteiger partial charge in [-0.2, -0.15) is 0 Å². The van der Waals surface area contributed by atoms with Crippen LogP contribution in [-0.2, 0) is 4.79 Å². The molecule has 1 atom stereocenters. The molecule has 1 aromatic carbocycles. The third-order valence-corrected chi connectivity index (χ3v) is 3.88. The van der Waals surface area contributed by atoms with Crippen molar-refractivity contribution in [2.24, 2.45) is 5.92 Å². The fourth-order valence-corrected chi connectivity index (χ4v) is 2.69. The van der Waals surface area contributed by atoms with Gasteiger partial charge in [0, 0.05) is 48.1 Å². The number of amides is 1. The van der Waals surface area contributed by atoms with Crippen molar-refractivity contribution < 1.29 is 4.79 Å². The van der Waals surface area contributed by atoms with Gasteiger partial charge in [0.1, 0.15) is 11.9 Å². The van der Waals surface area contributed by atoms with E-state index in [-0.39, 0.29) is 11.9 Å². The second kappa shape index (κ2) is 8.29. The Hall–Kier alpha value is -3.15. The van der Waals surface area contributed by atoms with Crippen molar-refractivity contribution in [2.75, 3.05) is 10.6 Å². The van der Waals surface area contributed by atoms with Crippen LogP contribution in [0.3, 0.4) is 0 Å². The van der Waals surface area contributed by atoms with E-state index in [9.17, 15) is 4.79 Å². The molecule has 3 N–H and O–H groups in total. The average Bonchev–Trinajstić information content (AvgIpc) is 3.15. The van der Waals surface area contributed by atoms with E-state index in [0.29, 0.717) is 12.3 Å². The van der Waals surface area contributed by atoms with Crippen molar-refractivity contribution in [1.82, 2.24) is 15.0 Å². The maximum Gasteiger partial charge on any atom is 0.224 e. The number of carbonyl (C=O) groups excluding carboxylic acids is 1. The number of carbonyl (C=O) groups is 1. The van der Waals surface area contributed by atoms with Gasteiger partial charge in [0.2, 0.25) is 5.91 Å². The van der Waals surface area contributed by atoms with Crippen LogP contribution in [0.2, 0.25) is 0 Å². The topological polar surface area (TPSA) is 82.7 Å². The van der Waals surface area contributed by atoms with E-state index >= 15 is 0 Å². The molecule has 0 aliphatic heterocycles. The highest BCUT2D eigenvalue weighted by Crippen LogP contribution is 2.24. The number of hydrogen-bond acceptors (Lipinski definition) is 4. The van der Waals surface area contributed by atoms with Crippen LogP contribution in [0.15, 0.2) is 61.2 Å². The molecule has 2 heterocycles. The highest BCUT2D eigenvalue weighted by Gasteiger charge is 2.16. The largest absolute Gasteiger partial charge is 0.371 e. The quantitative estimate of drug-likeness (QED) is 0.602.